The van der Waals surface area contributed by atoms with E-state index >= 15 is 0 Å². The van der Waals surface area contributed by atoms with Crippen LogP contribution in [0.25, 0.3) is 0 Å². The fourth-order valence-electron chi connectivity index (χ4n) is 6.86. The number of aliphatic hydroxyl groups excluding tert-OH is 2. The quantitative estimate of drug-likeness (QED) is 0.0328. The molecule has 53 heavy (non-hydrogen) atoms. The van der Waals surface area contributed by atoms with E-state index in [-0.39, 0.29) is 18.5 Å². The Morgan fingerprint density at radius 2 is 0.887 bits per heavy atom. The first-order chi connectivity index (χ1) is 26.0. The number of hydrogen-bond donors (Lipinski definition) is 3. The Labute approximate surface area is 329 Å². The third kappa shape index (κ3) is 39.8. The lowest BCUT2D eigenvalue weighted by Gasteiger charge is -2.20. The van der Waals surface area contributed by atoms with Crippen LogP contribution >= 0.6 is 0 Å². The molecule has 0 fully saturated rings. The number of hydrogen-bond acceptors (Lipinski definition) is 5. The third-order valence-electron chi connectivity index (χ3n) is 10.5. The highest BCUT2D eigenvalue weighted by Gasteiger charge is 2.18. The summed E-state index contributed by atoms with van der Waals surface area (Å²) in [5, 5.41) is 23.0. The predicted octanol–water partition coefficient (Wildman–Crippen LogP) is 13.2. The van der Waals surface area contributed by atoms with Crippen LogP contribution in [0.2, 0.25) is 0 Å². The molecule has 0 saturated carbocycles. The van der Waals surface area contributed by atoms with Crippen LogP contribution < -0.4 is 5.32 Å². The van der Waals surface area contributed by atoms with Gasteiger partial charge in [0.2, 0.25) is 5.91 Å². The van der Waals surface area contributed by atoms with Crippen molar-refractivity contribution >= 4 is 11.9 Å². The summed E-state index contributed by atoms with van der Waals surface area (Å²) in [6.45, 7) is 4.81. The van der Waals surface area contributed by atoms with Crippen LogP contribution in [0.3, 0.4) is 0 Å². The topological polar surface area (TPSA) is 95.9 Å². The number of carbonyl (C=O) groups excluding carboxylic acids is 2. The minimum atomic E-state index is -0.855. The monoisotopic (exact) mass is 748 g/mol. The first kappa shape index (κ1) is 51.3. The Balaban J connectivity index is 3.53. The first-order valence-corrected chi connectivity index (χ1v) is 23.1. The molecular formula is C47H89NO5. The van der Waals surface area contributed by atoms with Gasteiger partial charge in [-0.25, -0.2) is 0 Å². The van der Waals surface area contributed by atoms with Gasteiger partial charge in [0.25, 0.3) is 0 Å². The van der Waals surface area contributed by atoms with Crippen molar-refractivity contribution in [2.75, 3.05) is 13.2 Å². The number of aliphatic hydroxyl groups is 2. The van der Waals surface area contributed by atoms with Gasteiger partial charge in [-0.1, -0.05) is 192 Å². The predicted molar refractivity (Wildman–Crippen MR) is 227 cm³/mol. The Morgan fingerprint density at radius 1 is 0.509 bits per heavy atom. The van der Waals surface area contributed by atoms with Crippen LogP contribution in [-0.2, 0) is 14.3 Å². The van der Waals surface area contributed by atoms with Gasteiger partial charge in [0.1, 0.15) is 0 Å². The van der Waals surface area contributed by atoms with Gasteiger partial charge in [-0.05, 0) is 57.8 Å². The number of ether oxygens (including phenoxy) is 1. The molecule has 0 bridgehead atoms. The highest BCUT2D eigenvalue weighted by atomic mass is 16.5. The van der Waals surface area contributed by atoms with Crippen molar-refractivity contribution in [1.82, 2.24) is 5.32 Å². The van der Waals surface area contributed by atoms with E-state index in [4.69, 9.17) is 4.74 Å². The van der Waals surface area contributed by atoms with E-state index in [0.717, 1.165) is 57.8 Å². The Hall–Kier alpha value is -1.66. The van der Waals surface area contributed by atoms with Gasteiger partial charge in [0, 0.05) is 12.8 Å². The molecule has 2 atom stereocenters. The third-order valence-corrected chi connectivity index (χ3v) is 10.5. The minimum Gasteiger partial charge on any atom is -0.466 e. The molecule has 0 aliphatic heterocycles. The van der Waals surface area contributed by atoms with Crippen LogP contribution in [-0.4, -0.2) is 47.4 Å². The van der Waals surface area contributed by atoms with Gasteiger partial charge in [-0.3, -0.25) is 9.59 Å². The molecule has 0 rings (SSSR count). The summed E-state index contributed by atoms with van der Waals surface area (Å²) < 4.78 is 5.43. The maximum atomic E-state index is 12.4. The van der Waals surface area contributed by atoms with Crippen LogP contribution in [0.15, 0.2) is 24.3 Å². The second-order valence-electron chi connectivity index (χ2n) is 15.7. The zero-order chi connectivity index (χ0) is 38.7. The molecular weight excluding hydrogens is 659 g/mol. The standard InChI is InChI=1S/C47H89NO5/c1-3-5-7-9-11-13-15-17-19-23-27-31-35-39-45(50)44(43-49)48-46(51)40-36-32-28-24-20-18-22-26-30-34-38-42-53-47(52)41-37-33-29-25-21-16-14-12-10-8-6-4-2/h12,14,35,39,44-45,49-50H,3-11,13,15-34,36-38,40-43H2,1-2H3,(H,48,51)/b14-12-,39-35+. The number of amides is 1. The van der Waals surface area contributed by atoms with Gasteiger partial charge >= 0.3 is 5.97 Å². The molecule has 0 aromatic rings. The molecule has 312 valence electrons. The number of rotatable bonds is 42. The fourth-order valence-corrected chi connectivity index (χ4v) is 6.86. The van der Waals surface area contributed by atoms with Crippen molar-refractivity contribution in [1.29, 1.82) is 0 Å². The van der Waals surface area contributed by atoms with Crippen LogP contribution in [0, 0.1) is 0 Å². The maximum Gasteiger partial charge on any atom is 0.305 e. The van der Waals surface area contributed by atoms with Crippen molar-refractivity contribution in [3.63, 3.8) is 0 Å². The molecule has 6 heteroatoms. The number of nitrogens with one attached hydrogen (secondary N) is 1. The maximum absolute atomic E-state index is 12.4. The molecule has 6 nitrogen and oxygen atoms in total. The van der Waals surface area contributed by atoms with E-state index in [2.05, 4.69) is 31.3 Å². The largest absolute Gasteiger partial charge is 0.466 e. The van der Waals surface area contributed by atoms with Gasteiger partial charge in [-0.15, -0.1) is 0 Å². The number of allylic oxidation sites excluding steroid dienone is 3. The molecule has 0 heterocycles. The second kappa shape index (κ2) is 43.1. The van der Waals surface area contributed by atoms with Crippen molar-refractivity contribution in [3.05, 3.63) is 24.3 Å². The number of unbranched alkanes of at least 4 members (excludes halogenated alkanes) is 29. The number of carbonyl (C=O) groups is 2. The van der Waals surface area contributed by atoms with Crippen LogP contribution in [0.1, 0.15) is 239 Å². The Bertz CT molecular complexity index is 828. The van der Waals surface area contributed by atoms with Gasteiger partial charge in [0.05, 0.1) is 25.4 Å². The zero-order valence-corrected chi connectivity index (χ0v) is 35.2. The van der Waals surface area contributed by atoms with Gasteiger partial charge in [-0.2, -0.15) is 0 Å². The van der Waals surface area contributed by atoms with Crippen molar-refractivity contribution in [2.45, 2.75) is 251 Å². The van der Waals surface area contributed by atoms with E-state index in [9.17, 15) is 19.8 Å². The highest BCUT2D eigenvalue weighted by Crippen LogP contribution is 2.15. The summed E-state index contributed by atoms with van der Waals surface area (Å²) in [4.78, 5) is 24.3. The van der Waals surface area contributed by atoms with Crippen molar-refractivity contribution in [3.8, 4) is 0 Å². The lowest BCUT2D eigenvalue weighted by Crippen LogP contribution is -2.45. The summed E-state index contributed by atoms with van der Waals surface area (Å²) in [6, 6.07) is -0.640. The molecule has 1 amide bonds. The van der Waals surface area contributed by atoms with Crippen molar-refractivity contribution < 1.29 is 24.5 Å². The molecule has 0 radical (unpaired) electrons. The molecule has 0 saturated heterocycles. The van der Waals surface area contributed by atoms with Gasteiger partial charge in [0.15, 0.2) is 0 Å². The first-order valence-electron chi connectivity index (χ1n) is 23.1. The smallest absolute Gasteiger partial charge is 0.305 e. The lowest BCUT2D eigenvalue weighted by molar-refractivity contribution is -0.143. The van der Waals surface area contributed by atoms with E-state index < -0.39 is 12.1 Å². The molecule has 0 aromatic carbocycles. The zero-order valence-electron chi connectivity index (χ0n) is 35.2. The molecule has 0 spiro atoms. The summed E-state index contributed by atoms with van der Waals surface area (Å²) in [5.74, 6) is -0.115. The summed E-state index contributed by atoms with van der Waals surface area (Å²) in [6.07, 6.45) is 48.7. The van der Waals surface area contributed by atoms with E-state index in [1.807, 2.05) is 6.08 Å². The summed E-state index contributed by atoms with van der Waals surface area (Å²) in [5.41, 5.74) is 0. The Kier molecular flexibility index (Phi) is 41.7. The minimum absolute atomic E-state index is 0.0263. The summed E-state index contributed by atoms with van der Waals surface area (Å²) >= 11 is 0. The molecule has 0 aromatic heterocycles. The van der Waals surface area contributed by atoms with Gasteiger partial charge < -0.3 is 20.3 Å². The SMILES string of the molecule is CCCCC/C=C\CCCCCCCC(=O)OCCCCCCCCCCCCCC(=O)NC(CO)C(O)/C=C/CCCCCCCCCCCCC. The highest BCUT2D eigenvalue weighted by molar-refractivity contribution is 5.76. The van der Waals surface area contributed by atoms with Crippen molar-refractivity contribution in [2.24, 2.45) is 0 Å². The van der Waals surface area contributed by atoms with E-state index in [1.54, 1.807) is 6.08 Å². The normalized spacial score (nSPS) is 12.9. The number of esters is 1. The molecule has 3 N–H and O–H groups in total. The Morgan fingerprint density at radius 3 is 1.38 bits per heavy atom. The average molecular weight is 748 g/mol. The van der Waals surface area contributed by atoms with E-state index in [0.29, 0.717) is 19.4 Å². The molecule has 2 unspecified atom stereocenters. The average Bonchev–Trinajstić information content (AvgIpc) is 3.16. The van der Waals surface area contributed by atoms with Crippen LogP contribution in [0.5, 0.6) is 0 Å². The second-order valence-corrected chi connectivity index (χ2v) is 15.7. The molecule has 0 aliphatic rings. The van der Waals surface area contributed by atoms with Crippen LogP contribution in [0.4, 0.5) is 0 Å². The lowest BCUT2D eigenvalue weighted by atomic mass is 10.0. The molecule has 0 aliphatic carbocycles. The summed E-state index contributed by atoms with van der Waals surface area (Å²) in [7, 11) is 0. The van der Waals surface area contributed by atoms with E-state index in [1.165, 1.54) is 154 Å². The fraction of sp³-hybridized carbons (Fsp3) is 0.872.